The molecule has 19 heavy (non-hydrogen) atoms. The summed E-state index contributed by atoms with van der Waals surface area (Å²) >= 11 is 3.46. The standard InChI is InChI=1S/C15H21BrN2O/c1-11-8-12(10-13(16)9-11)15(19)18-6-4-14(5-7-18)17(2)3/h8-10,14H,4-7H2,1-3H3. The summed E-state index contributed by atoms with van der Waals surface area (Å²) in [6, 6.07) is 6.50. The van der Waals surface area contributed by atoms with E-state index in [1.165, 1.54) is 0 Å². The predicted octanol–water partition coefficient (Wildman–Crippen LogP) is 2.92. The highest BCUT2D eigenvalue weighted by Crippen LogP contribution is 2.20. The fraction of sp³-hybridized carbons (Fsp3) is 0.533. The Hall–Kier alpha value is -0.870. The molecule has 4 heteroatoms. The summed E-state index contributed by atoms with van der Waals surface area (Å²) in [6.07, 6.45) is 2.12. The number of nitrogens with zero attached hydrogens (tertiary/aromatic N) is 2. The highest BCUT2D eigenvalue weighted by molar-refractivity contribution is 9.10. The van der Waals surface area contributed by atoms with Crippen LogP contribution < -0.4 is 0 Å². The average molecular weight is 325 g/mol. The third-order valence-electron chi connectivity index (χ3n) is 3.77. The van der Waals surface area contributed by atoms with Gasteiger partial charge in [0.05, 0.1) is 0 Å². The zero-order valence-electron chi connectivity index (χ0n) is 11.8. The Morgan fingerprint density at radius 2 is 1.89 bits per heavy atom. The second kappa shape index (κ2) is 6.06. The maximum Gasteiger partial charge on any atom is 0.253 e. The Bertz CT molecular complexity index is 445. The van der Waals surface area contributed by atoms with Crippen LogP contribution in [0.3, 0.4) is 0 Å². The molecule has 0 spiro atoms. The van der Waals surface area contributed by atoms with E-state index < -0.39 is 0 Å². The summed E-state index contributed by atoms with van der Waals surface area (Å²) in [5, 5.41) is 0. The topological polar surface area (TPSA) is 23.6 Å². The predicted molar refractivity (Wildman–Crippen MR) is 81.5 cm³/mol. The van der Waals surface area contributed by atoms with Crippen LogP contribution >= 0.6 is 15.9 Å². The number of hydrogen-bond donors (Lipinski definition) is 0. The summed E-state index contributed by atoms with van der Waals surface area (Å²) in [4.78, 5) is 16.7. The number of benzene rings is 1. The molecule has 0 atom stereocenters. The number of hydrogen-bond acceptors (Lipinski definition) is 2. The quantitative estimate of drug-likeness (QED) is 0.835. The first kappa shape index (κ1) is 14.5. The van der Waals surface area contributed by atoms with Crippen molar-refractivity contribution in [3.05, 3.63) is 33.8 Å². The monoisotopic (exact) mass is 324 g/mol. The van der Waals surface area contributed by atoms with Crippen LogP contribution in [0.4, 0.5) is 0 Å². The molecule has 0 radical (unpaired) electrons. The molecule has 1 aliphatic heterocycles. The van der Waals surface area contributed by atoms with E-state index in [1.54, 1.807) is 0 Å². The van der Waals surface area contributed by atoms with Gasteiger partial charge in [-0.2, -0.15) is 0 Å². The number of amides is 1. The number of likely N-dealkylation sites (tertiary alicyclic amines) is 1. The third-order valence-corrected chi connectivity index (χ3v) is 4.23. The first-order valence-corrected chi connectivity index (χ1v) is 7.49. The molecule has 2 rings (SSSR count). The van der Waals surface area contributed by atoms with Gasteiger partial charge in [-0.3, -0.25) is 4.79 Å². The van der Waals surface area contributed by atoms with Crippen molar-refractivity contribution in [3.63, 3.8) is 0 Å². The molecule has 1 aliphatic rings. The van der Waals surface area contributed by atoms with E-state index in [4.69, 9.17) is 0 Å². The minimum absolute atomic E-state index is 0.154. The minimum Gasteiger partial charge on any atom is -0.339 e. The second-order valence-electron chi connectivity index (χ2n) is 5.50. The van der Waals surface area contributed by atoms with Gasteiger partial charge < -0.3 is 9.80 Å². The lowest BCUT2D eigenvalue weighted by Crippen LogP contribution is -2.44. The van der Waals surface area contributed by atoms with Crippen LogP contribution in [0.1, 0.15) is 28.8 Å². The maximum atomic E-state index is 12.5. The molecule has 0 bridgehead atoms. The average Bonchev–Trinajstić information content (AvgIpc) is 2.37. The lowest BCUT2D eigenvalue weighted by Gasteiger charge is -2.35. The van der Waals surface area contributed by atoms with Crippen molar-refractivity contribution < 1.29 is 4.79 Å². The minimum atomic E-state index is 0.154. The fourth-order valence-electron chi connectivity index (χ4n) is 2.63. The second-order valence-corrected chi connectivity index (χ2v) is 6.42. The van der Waals surface area contributed by atoms with Crippen molar-refractivity contribution in [2.45, 2.75) is 25.8 Å². The van der Waals surface area contributed by atoms with E-state index in [9.17, 15) is 4.79 Å². The number of halogens is 1. The SMILES string of the molecule is Cc1cc(Br)cc(C(=O)N2CCC(N(C)C)CC2)c1. The molecule has 1 aromatic carbocycles. The molecule has 0 saturated carbocycles. The van der Waals surface area contributed by atoms with Crippen LogP contribution in [0.5, 0.6) is 0 Å². The third kappa shape index (κ3) is 3.57. The molecule has 0 unspecified atom stereocenters. The summed E-state index contributed by atoms with van der Waals surface area (Å²) in [5.41, 5.74) is 1.90. The van der Waals surface area contributed by atoms with Gasteiger partial charge in [0.25, 0.3) is 5.91 Å². The molecular weight excluding hydrogens is 304 g/mol. The van der Waals surface area contributed by atoms with Crippen molar-refractivity contribution in [2.75, 3.05) is 27.2 Å². The number of aryl methyl sites for hydroxylation is 1. The largest absolute Gasteiger partial charge is 0.339 e. The maximum absolute atomic E-state index is 12.5. The van der Waals surface area contributed by atoms with Gasteiger partial charge in [0.2, 0.25) is 0 Å². The Kier molecular flexibility index (Phi) is 4.63. The van der Waals surface area contributed by atoms with E-state index >= 15 is 0 Å². The van der Waals surface area contributed by atoms with Gasteiger partial charge in [-0.25, -0.2) is 0 Å². The molecule has 0 N–H and O–H groups in total. The van der Waals surface area contributed by atoms with Crippen LogP contribution in [0.25, 0.3) is 0 Å². The molecular formula is C15H21BrN2O. The lowest BCUT2D eigenvalue weighted by atomic mass is 10.0. The van der Waals surface area contributed by atoms with E-state index in [-0.39, 0.29) is 5.91 Å². The molecule has 1 heterocycles. The Labute approximate surface area is 123 Å². The molecule has 0 aliphatic carbocycles. The van der Waals surface area contributed by atoms with Gasteiger partial charge in [-0.05, 0) is 57.6 Å². The van der Waals surface area contributed by atoms with Crippen molar-refractivity contribution in [3.8, 4) is 0 Å². The van der Waals surface area contributed by atoms with E-state index in [1.807, 2.05) is 30.0 Å². The van der Waals surface area contributed by atoms with Gasteiger partial charge in [-0.15, -0.1) is 0 Å². The molecule has 1 amide bonds. The molecule has 1 aromatic rings. The zero-order chi connectivity index (χ0) is 14.0. The first-order valence-electron chi connectivity index (χ1n) is 6.70. The molecule has 0 aromatic heterocycles. The van der Waals surface area contributed by atoms with Gasteiger partial charge in [-0.1, -0.05) is 15.9 Å². The highest BCUT2D eigenvalue weighted by Gasteiger charge is 2.24. The Morgan fingerprint density at radius 3 is 2.42 bits per heavy atom. The number of carbonyl (C=O) groups is 1. The molecule has 104 valence electrons. The Balaban J connectivity index is 2.05. The van der Waals surface area contributed by atoms with Crippen LogP contribution in [-0.4, -0.2) is 48.9 Å². The summed E-state index contributed by atoms with van der Waals surface area (Å²) in [6.45, 7) is 3.72. The summed E-state index contributed by atoms with van der Waals surface area (Å²) < 4.78 is 0.971. The number of carbonyl (C=O) groups excluding carboxylic acids is 1. The van der Waals surface area contributed by atoms with Gasteiger partial charge in [0.15, 0.2) is 0 Å². The van der Waals surface area contributed by atoms with Crippen LogP contribution in [-0.2, 0) is 0 Å². The summed E-state index contributed by atoms with van der Waals surface area (Å²) in [7, 11) is 4.22. The summed E-state index contributed by atoms with van der Waals surface area (Å²) in [5.74, 6) is 0.154. The zero-order valence-corrected chi connectivity index (χ0v) is 13.4. The van der Waals surface area contributed by atoms with E-state index in [0.29, 0.717) is 6.04 Å². The number of rotatable bonds is 2. The van der Waals surface area contributed by atoms with Crippen molar-refractivity contribution in [1.82, 2.24) is 9.80 Å². The van der Waals surface area contributed by atoms with Gasteiger partial charge >= 0.3 is 0 Å². The molecule has 1 saturated heterocycles. The van der Waals surface area contributed by atoms with Crippen LogP contribution in [0.2, 0.25) is 0 Å². The fourth-order valence-corrected chi connectivity index (χ4v) is 3.24. The van der Waals surface area contributed by atoms with Crippen molar-refractivity contribution in [2.24, 2.45) is 0 Å². The van der Waals surface area contributed by atoms with Gasteiger partial charge in [0, 0.05) is 29.2 Å². The first-order chi connectivity index (χ1) is 8.97. The Morgan fingerprint density at radius 1 is 1.26 bits per heavy atom. The van der Waals surface area contributed by atoms with Gasteiger partial charge in [0.1, 0.15) is 0 Å². The smallest absolute Gasteiger partial charge is 0.253 e. The lowest BCUT2D eigenvalue weighted by molar-refractivity contribution is 0.0663. The van der Waals surface area contributed by atoms with Crippen molar-refractivity contribution >= 4 is 21.8 Å². The normalized spacial score (nSPS) is 17.0. The highest BCUT2D eigenvalue weighted by atomic mass is 79.9. The van der Waals surface area contributed by atoms with Crippen LogP contribution in [0.15, 0.2) is 22.7 Å². The van der Waals surface area contributed by atoms with E-state index in [0.717, 1.165) is 41.5 Å². The molecule has 1 fully saturated rings. The van der Waals surface area contributed by atoms with Crippen molar-refractivity contribution in [1.29, 1.82) is 0 Å². The number of piperidine rings is 1. The molecule has 3 nitrogen and oxygen atoms in total. The van der Waals surface area contributed by atoms with Crippen LogP contribution in [0, 0.1) is 6.92 Å². The van der Waals surface area contributed by atoms with E-state index in [2.05, 4.69) is 34.9 Å².